The number of hydrogen-bond acceptors (Lipinski definition) is 6. The number of halogens is 1. The molecule has 2 heterocycles. The van der Waals surface area contributed by atoms with Crippen LogP contribution in [0.5, 0.6) is 5.75 Å². The molecule has 1 amide bonds. The van der Waals surface area contributed by atoms with Crippen LogP contribution < -0.4 is 4.74 Å². The molecule has 1 aromatic carbocycles. The van der Waals surface area contributed by atoms with Crippen molar-refractivity contribution in [3.63, 3.8) is 0 Å². The van der Waals surface area contributed by atoms with Crippen LogP contribution in [0.25, 0.3) is 5.76 Å². The Bertz CT molecular complexity index is 993. The molecule has 3 rings (SSSR count). The molecular weight excluding hydrogens is 410 g/mol. The number of aliphatic hydroxyl groups is 1. The number of carbonyl (C=O) groups is 2. The number of ketones is 1. The SMILES string of the molecule is COc1ccc(Cl)c(/C(O)=C2\C(=O)C(=O)N(CCOC(C)C)C2c2ccc(C)o2)c1. The monoisotopic (exact) mass is 433 g/mol. The van der Waals surface area contributed by atoms with Crippen LogP contribution in [0.2, 0.25) is 5.02 Å². The van der Waals surface area contributed by atoms with Gasteiger partial charge in [0.2, 0.25) is 0 Å². The molecule has 0 spiro atoms. The van der Waals surface area contributed by atoms with Crippen molar-refractivity contribution < 1.29 is 28.6 Å². The Morgan fingerprint density at radius 2 is 2.00 bits per heavy atom. The number of rotatable bonds is 7. The van der Waals surface area contributed by atoms with Gasteiger partial charge in [0.15, 0.2) is 0 Å². The van der Waals surface area contributed by atoms with E-state index in [0.29, 0.717) is 17.3 Å². The lowest BCUT2D eigenvalue weighted by Gasteiger charge is -2.23. The lowest BCUT2D eigenvalue weighted by molar-refractivity contribution is -0.140. The molecule has 1 aliphatic rings. The number of hydrogen-bond donors (Lipinski definition) is 1. The fourth-order valence-corrected chi connectivity index (χ4v) is 3.56. The molecule has 1 aromatic heterocycles. The molecule has 0 saturated carbocycles. The Morgan fingerprint density at radius 1 is 1.27 bits per heavy atom. The zero-order valence-electron chi connectivity index (χ0n) is 17.3. The van der Waals surface area contributed by atoms with E-state index in [2.05, 4.69) is 0 Å². The number of Topliss-reactive ketones (excluding diaryl/α,β-unsaturated/α-hetero) is 1. The van der Waals surface area contributed by atoms with Crippen LogP contribution in [0.15, 0.2) is 40.3 Å². The Kier molecular flexibility index (Phi) is 6.53. The minimum absolute atomic E-state index is 0.0262. The van der Waals surface area contributed by atoms with E-state index in [9.17, 15) is 14.7 Å². The second kappa shape index (κ2) is 8.93. The standard InChI is InChI=1S/C22H24ClNO6/c1-12(2)29-10-9-24-19(17-8-5-13(3)30-17)18(21(26)22(24)27)20(25)15-11-14(28-4)6-7-16(15)23/h5-8,11-12,19,25H,9-10H2,1-4H3/b20-18+. The van der Waals surface area contributed by atoms with Gasteiger partial charge in [0.25, 0.3) is 11.7 Å². The van der Waals surface area contributed by atoms with Crippen molar-refractivity contribution in [2.24, 2.45) is 0 Å². The second-order valence-electron chi connectivity index (χ2n) is 7.21. The van der Waals surface area contributed by atoms with Gasteiger partial charge >= 0.3 is 0 Å². The Balaban J connectivity index is 2.12. The first-order chi connectivity index (χ1) is 14.2. The molecule has 1 N–H and O–H groups in total. The van der Waals surface area contributed by atoms with Gasteiger partial charge in [-0.25, -0.2) is 0 Å². The minimum Gasteiger partial charge on any atom is -0.507 e. The molecule has 1 unspecified atom stereocenters. The first-order valence-corrected chi connectivity index (χ1v) is 9.92. The molecule has 0 radical (unpaired) electrons. The van der Waals surface area contributed by atoms with Gasteiger partial charge in [-0.15, -0.1) is 0 Å². The average molecular weight is 434 g/mol. The molecule has 1 fully saturated rings. The molecule has 2 aromatic rings. The van der Waals surface area contributed by atoms with E-state index in [0.717, 1.165) is 0 Å². The van der Waals surface area contributed by atoms with Crippen LogP contribution >= 0.6 is 11.6 Å². The molecule has 30 heavy (non-hydrogen) atoms. The van der Waals surface area contributed by atoms with E-state index in [-0.39, 0.29) is 41.2 Å². The van der Waals surface area contributed by atoms with Crippen molar-refractivity contribution in [3.05, 3.63) is 58.0 Å². The summed E-state index contributed by atoms with van der Waals surface area (Å²) < 4.78 is 16.5. The average Bonchev–Trinajstić information content (AvgIpc) is 3.23. The quantitative estimate of drug-likeness (QED) is 0.401. The number of benzene rings is 1. The van der Waals surface area contributed by atoms with E-state index in [1.807, 2.05) is 13.8 Å². The van der Waals surface area contributed by atoms with Gasteiger partial charge in [0, 0.05) is 12.1 Å². The number of ether oxygens (including phenoxy) is 2. The molecule has 7 nitrogen and oxygen atoms in total. The van der Waals surface area contributed by atoms with Crippen molar-refractivity contribution in [1.82, 2.24) is 4.90 Å². The van der Waals surface area contributed by atoms with E-state index < -0.39 is 17.7 Å². The number of methoxy groups -OCH3 is 1. The fourth-order valence-electron chi connectivity index (χ4n) is 3.35. The molecule has 1 saturated heterocycles. The summed E-state index contributed by atoms with van der Waals surface area (Å²) >= 11 is 6.26. The summed E-state index contributed by atoms with van der Waals surface area (Å²) in [4.78, 5) is 27.1. The van der Waals surface area contributed by atoms with Gasteiger partial charge in [0.1, 0.15) is 29.1 Å². The minimum atomic E-state index is -0.892. The van der Waals surface area contributed by atoms with Crippen molar-refractivity contribution in [1.29, 1.82) is 0 Å². The highest BCUT2D eigenvalue weighted by Gasteiger charge is 2.47. The Hall–Kier alpha value is -2.77. The summed E-state index contributed by atoms with van der Waals surface area (Å²) in [6, 6.07) is 7.22. The highest BCUT2D eigenvalue weighted by atomic mass is 35.5. The molecular formula is C22H24ClNO6. The highest BCUT2D eigenvalue weighted by molar-refractivity contribution is 6.46. The van der Waals surface area contributed by atoms with Crippen molar-refractivity contribution in [2.45, 2.75) is 32.9 Å². The molecule has 1 atom stereocenters. The Morgan fingerprint density at radius 3 is 2.60 bits per heavy atom. The summed E-state index contributed by atoms with van der Waals surface area (Å²) in [6.45, 7) is 5.92. The van der Waals surface area contributed by atoms with Crippen LogP contribution in [-0.2, 0) is 14.3 Å². The molecule has 8 heteroatoms. The van der Waals surface area contributed by atoms with E-state index in [1.165, 1.54) is 18.1 Å². The van der Waals surface area contributed by atoms with Gasteiger partial charge in [0.05, 0.1) is 30.4 Å². The van der Waals surface area contributed by atoms with E-state index in [1.54, 1.807) is 31.2 Å². The van der Waals surface area contributed by atoms with Gasteiger partial charge in [-0.1, -0.05) is 11.6 Å². The molecule has 0 bridgehead atoms. The Labute approximate surface area is 179 Å². The third kappa shape index (κ3) is 4.22. The first-order valence-electron chi connectivity index (χ1n) is 9.54. The van der Waals surface area contributed by atoms with Crippen molar-refractivity contribution >= 4 is 29.1 Å². The number of aryl methyl sites for hydroxylation is 1. The summed E-state index contributed by atoms with van der Waals surface area (Å²) in [6.07, 6.45) is -0.0262. The van der Waals surface area contributed by atoms with Gasteiger partial charge in [-0.05, 0) is 51.1 Å². The van der Waals surface area contributed by atoms with E-state index >= 15 is 0 Å². The predicted octanol–water partition coefficient (Wildman–Crippen LogP) is 4.10. The predicted molar refractivity (Wildman–Crippen MR) is 112 cm³/mol. The fraction of sp³-hybridized carbons (Fsp3) is 0.364. The number of likely N-dealkylation sites (tertiary alicyclic amines) is 1. The van der Waals surface area contributed by atoms with Gasteiger partial charge in [-0.3, -0.25) is 9.59 Å². The zero-order chi connectivity index (χ0) is 22.0. The lowest BCUT2D eigenvalue weighted by Crippen LogP contribution is -2.33. The van der Waals surface area contributed by atoms with Crippen molar-refractivity contribution in [3.8, 4) is 5.75 Å². The zero-order valence-corrected chi connectivity index (χ0v) is 18.0. The summed E-state index contributed by atoms with van der Waals surface area (Å²) in [5, 5.41) is 11.3. The van der Waals surface area contributed by atoms with Gasteiger partial charge < -0.3 is 23.9 Å². The van der Waals surface area contributed by atoms with Crippen LogP contribution in [-0.4, -0.2) is 48.1 Å². The third-order valence-corrected chi connectivity index (χ3v) is 5.11. The smallest absolute Gasteiger partial charge is 0.295 e. The molecule has 1 aliphatic heterocycles. The summed E-state index contributed by atoms with van der Waals surface area (Å²) in [5.41, 5.74) is 0.106. The number of aliphatic hydroxyl groups excluding tert-OH is 1. The maximum atomic E-state index is 12.9. The number of furan rings is 1. The van der Waals surface area contributed by atoms with E-state index in [4.69, 9.17) is 25.5 Å². The number of nitrogens with zero attached hydrogens (tertiary/aromatic N) is 1. The highest BCUT2D eigenvalue weighted by Crippen LogP contribution is 2.41. The maximum Gasteiger partial charge on any atom is 0.295 e. The largest absolute Gasteiger partial charge is 0.507 e. The first kappa shape index (κ1) is 21.9. The normalized spacial score (nSPS) is 18.5. The second-order valence-corrected chi connectivity index (χ2v) is 7.61. The molecule has 0 aliphatic carbocycles. The van der Waals surface area contributed by atoms with Crippen LogP contribution in [0.4, 0.5) is 0 Å². The third-order valence-electron chi connectivity index (χ3n) is 4.78. The van der Waals surface area contributed by atoms with Gasteiger partial charge in [-0.2, -0.15) is 0 Å². The van der Waals surface area contributed by atoms with Crippen LogP contribution in [0, 0.1) is 6.92 Å². The van der Waals surface area contributed by atoms with Crippen molar-refractivity contribution in [2.75, 3.05) is 20.3 Å². The number of carbonyl (C=O) groups excluding carboxylic acids is 2. The topological polar surface area (TPSA) is 89.2 Å². The lowest BCUT2D eigenvalue weighted by atomic mass is 9.99. The van der Waals surface area contributed by atoms with Crippen LogP contribution in [0.3, 0.4) is 0 Å². The summed E-state index contributed by atoms with van der Waals surface area (Å²) in [7, 11) is 1.48. The summed E-state index contributed by atoms with van der Waals surface area (Å²) in [5.74, 6) is -0.489. The maximum absolute atomic E-state index is 12.9. The molecule has 160 valence electrons. The van der Waals surface area contributed by atoms with Crippen LogP contribution in [0.1, 0.15) is 37.0 Å². The number of amides is 1.